The van der Waals surface area contributed by atoms with Crippen molar-refractivity contribution in [2.24, 2.45) is 0 Å². The van der Waals surface area contributed by atoms with Crippen molar-refractivity contribution in [3.05, 3.63) is 58.6 Å². The van der Waals surface area contributed by atoms with Gasteiger partial charge in [0, 0.05) is 5.02 Å². The SMILES string of the molecule is CCOC(=O)c1cc(C(=O)O)cc(-c2ccc(Cl)cc2)c1. The summed E-state index contributed by atoms with van der Waals surface area (Å²) in [6.45, 7) is 1.92. The number of ether oxygens (including phenoxy) is 1. The summed E-state index contributed by atoms with van der Waals surface area (Å²) in [4.78, 5) is 23.0. The van der Waals surface area contributed by atoms with Crippen LogP contribution in [0.4, 0.5) is 0 Å². The van der Waals surface area contributed by atoms with Gasteiger partial charge < -0.3 is 9.84 Å². The molecule has 0 bridgehead atoms. The van der Waals surface area contributed by atoms with Crippen LogP contribution in [0.3, 0.4) is 0 Å². The van der Waals surface area contributed by atoms with Crippen LogP contribution in [0.1, 0.15) is 27.6 Å². The predicted molar refractivity (Wildman–Crippen MR) is 79.8 cm³/mol. The third-order valence-electron chi connectivity index (χ3n) is 2.87. The third kappa shape index (κ3) is 3.61. The molecule has 0 heterocycles. The van der Waals surface area contributed by atoms with Crippen LogP contribution in [-0.4, -0.2) is 23.7 Å². The summed E-state index contributed by atoms with van der Waals surface area (Å²) in [7, 11) is 0. The Morgan fingerprint density at radius 3 is 2.24 bits per heavy atom. The molecule has 2 rings (SSSR count). The van der Waals surface area contributed by atoms with Crippen molar-refractivity contribution in [2.75, 3.05) is 6.61 Å². The molecular formula is C16H13ClO4. The summed E-state index contributed by atoms with van der Waals surface area (Å²) < 4.78 is 4.92. The molecular weight excluding hydrogens is 292 g/mol. The van der Waals surface area contributed by atoms with Crippen molar-refractivity contribution in [3.8, 4) is 11.1 Å². The minimum Gasteiger partial charge on any atom is -0.478 e. The number of hydrogen-bond acceptors (Lipinski definition) is 3. The second kappa shape index (κ2) is 6.41. The monoisotopic (exact) mass is 304 g/mol. The van der Waals surface area contributed by atoms with Crippen molar-refractivity contribution >= 4 is 23.5 Å². The predicted octanol–water partition coefficient (Wildman–Crippen LogP) is 3.88. The molecule has 1 N–H and O–H groups in total. The largest absolute Gasteiger partial charge is 0.478 e. The van der Waals surface area contributed by atoms with E-state index >= 15 is 0 Å². The first kappa shape index (κ1) is 15.1. The highest BCUT2D eigenvalue weighted by Crippen LogP contribution is 2.24. The highest BCUT2D eigenvalue weighted by molar-refractivity contribution is 6.30. The molecule has 0 aromatic heterocycles. The Hall–Kier alpha value is -2.33. The standard InChI is InChI=1S/C16H13ClO4/c1-2-21-16(20)13-8-11(7-12(9-13)15(18)19)10-3-5-14(17)6-4-10/h3-9H,2H2,1H3,(H,18,19). The maximum Gasteiger partial charge on any atom is 0.338 e. The number of aromatic carboxylic acids is 1. The molecule has 0 radical (unpaired) electrons. The fourth-order valence-corrected chi connectivity index (χ4v) is 2.02. The Morgan fingerprint density at radius 2 is 1.67 bits per heavy atom. The number of halogens is 1. The minimum absolute atomic E-state index is 0.0329. The topological polar surface area (TPSA) is 63.6 Å². The van der Waals surface area contributed by atoms with E-state index in [4.69, 9.17) is 21.4 Å². The molecule has 2 aromatic rings. The molecule has 0 unspecified atom stereocenters. The number of benzene rings is 2. The molecule has 4 nitrogen and oxygen atoms in total. The molecule has 5 heteroatoms. The average molecular weight is 305 g/mol. The fraction of sp³-hybridized carbons (Fsp3) is 0.125. The number of rotatable bonds is 4. The van der Waals surface area contributed by atoms with E-state index in [-0.39, 0.29) is 17.7 Å². The zero-order valence-corrected chi connectivity index (χ0v) is 12.1. The van der Waals surface area contributed by atoms with E-state index in [1.807, 2.05) is 0 Å². The van der Waals surface area contributed by atoms with Crippen LogP contribution in [0, 0.1) is 0 Å². The van der Waals surface area contributed by atoms with Gasteiger partial charge in [0.25, 0.3) is 0 Å². The molecule has 108 valence electrons. The Balaban J connectivity index is 2.52. The Labute approximate surface area is 126 Å². The van der Waals surface area contributed by atoms with Gasteiger partial charge in [0.15, 0.2) is 0 Å². The molecule has 0 fully saturated rings. The quantitative estimate of drug-likeness (QED) is 0.871. The maximum atomic E-state index is 11.8. The van der Waals surface area contributed by atoms with E-state index in [9.17, 15) is 9.59 Å². The van der Waals surface area contributed by atoms with Crippen molar-refractivity contribution < 1.29 is 19.4 Å². The highest BCUT2D eigenvalue weighted by Gasteiger charge is 2.14. The van der Waals surface area contributed by atoms with E-state index in [1.165, 1.54) is 12.1 Å². The minimum atomic E-state index is -1.10. The second-order valence-corrected chi connectivity index (χ2v) is 4.77. The summed E-state index contributed by atoms with van der Waals surface area (Å²) in [5, 5.41) is 9.75. The lowest BCUT2D eigenvalue weighted by molar-refractivity contribution is 0.0526. The van der Waals surface area contributed by atoms with Gasteiger partial charge in [0.05, 0.1) is 17.7 Å². The zero-order chi connectivity index (χ0) is 15.4. The Kier molecular flexibility index (Phi) is 4.60. The van der Waals surface area contributed by atoms with E-state index < -0.39 is 11.9 Å². The first-order chi connectivity index (χ1) is 10.0. The summed E-state index contributed by atoms with van der Waals surface area (Å²) in [5.74, 6) is -1.65. The van der Waals surface area contributed by atoms with Crippen LogP contribution >= 0.6 is 11.6 Å². The molecule has 0 aliphatic carbocycles. The lowest BCUT2D eigenvalue weighted by atomic mass is 10.00. The average Bonchev–Trinajstić information content (AvgIpc) is 2.47. The maximum absolute atomic E-state index is 11.8. The van der Waals surface area contributed by atoms with Gasteiger partial charge in [-0.2, -0.15) is 0 Å². The highest BCUT2D eigenvalue weighted by atomic mass is 35.5. The summed E-state index contributed by atoms with van der Waals surface area (Å²) in [6, 6.07) is 11.3. The van der Waals surface area contributed by atoms with Gasteiger partial charge in [0.1, 0.15) is 0 Å². The number of esters is 1. The van der Waals surface area contributed by atoms with Gasteiger partial charge in [-0.25, -0.2) is 9.59 Å². The van der Waals surface area contributed by atoms with Gasteiger partial charge in [-0.1, -0.05) is 23.7 Å². The molecule has 21 heavy (non-hydrogen) atoms. The van der Waals surface area contributed by atoms with Gasteiger partial charge in [-0.3, -0.25) is 0 Å². The van der Waals surface area contributed by atoms with E-state index in [2.05, 4.69) is 0 Å². The van der Waals surface area contributed by atoms with Gasteiger partial charge in [0.2, 0.25) is 0 Å². The zero-order valence-electron chi connectivity index (χ0n) is 11.3. The first-order valence-corrected chi connectivity index (χ1v) is 6.70. The van der Waals surface area contributed by atoms with Crippen LogP contribution in [0.5, 0.6) is 0 Å². The summed E-state index contributed by atoms with van der Waals surface area (Å²) in [5.41, 5.74) is 1.63. The molecule has 0 saturated carbocycles. The van der Waals surface area contributed by atoms with Crippen molar-refractivity contribution in [1.29, 1.82) is 0 Å². The van der Waals surface area contributed by atoms with Crippen LogP contribution in [-0.2, 0) is 4.74 Å². The van der Waals surface area contributed by atoms with E-state index in [0.29, 0.717) is 10.6 Å². The van der Waals surface area contributed by atoms with Crippen LogP contribution in [0.25, 0.3) is 11.1 Å². The van der Waals surface area contributed by atoms with Gasteiger partial charge in [-0.05, 0) is 48.4 Å². The molecule has 0 saturated heterocycles. The molecule has 0 aliphatic heterocycles. The normalized spacial score (nSPS) is 10.2. The molecule has 0 spiro atoms. The second-order valence-electron chi connectivity index (χ2n) is 4.33. The molecule has 0 atom stereocenters. The van der Waals surface area contributed by atoms with Crippen LogP contribution in [0.15, 0.2) is 42.5 Å². The third-order valence-corrected chi connectivity index (χ3v) is 3.12. The lowest BCUT2D eigenvalue weighted by Crippen LogP contribution is -2.07. The lowest BCUT2D eigenvalue weighted by Gasteiger charge is -2.08. The number of hydrogen-bond donors (Lipinski definition) is 1. The summed E-state index contributed by atoms with van der Waals surface area (Å²) in [6.07, 6.45) is 0. The van der Waals surface area contributed by atoms with E-state index in [1.54, 1.807) is 37.3 Å². The number of carbonyl (C=O) groups excluding carboxylic acids is 1. The summed E-state index contributed by atoms with van der Waals surface area (Å²) >= 11 is 5.84. The van der Waals surface area contributed by atoms with E-state index in [0.717, 1.165) is 5.56 Å². The number of carbonyl (C=O) groups is 2. The molecule has 0 aliphatic rings. The van der Waals surface area contributed by atoms with Crippen LogP contribution < -0.4 is 0 Å². The molecule has 0 amide bonds. The van der Waals surface area contributed by atoms with Gasteiger partial charge >= 0.3 is 11.9 Å². The smallest absolute Gasteiger partial charge is 0.338 e. The Bertz CT molecular complexity index is 677. The number of carboxylic acid groups (broad SMARTS) is 1. The Morgan fingerprint density at radius 1 is 1.05 bits per heavy atom. The van der Waals surface area contributed by atoms with Crippen molar-refractivity contribution in [2.45, 2.75) is 6.92 Å². The van der Waals surface area contributed by atoms with Crippen molar-refractivity contribution in [3.63, 3.8) is 0 Å². The van der Waals surface area contributed by atoms with Crippen LogP contribution in [0.2, 0.25) is 5.02 Å². The molecule has 2 aromatic carbocycles. The fourth-order valence-electron chi connectivity index (χ4n) is 1.89. The first-order valence-electron chi connectivity index (χ1n) is 6.32. The number of carboxylic acids is 1. The van der Waals surface area contributed by atoms with Crippen molar-refractivity contribution in [1.82, 2.24) is 0 Å². The van der Waals surface area contributed by atoms with Gasteiger partial charge in [-0.15, -0.1) is 0 Å².